The van der Waals surface area contributed by atoms with Crippen molar-refractivity contribution in [3.05, 3.63) is 0 Å². The third kappa shape index (κ3) is 2.36. The van der Waals surface area contributed by atoms with Crippen LogP contribution in [0.3, 0.4) is 0 Å². The summed E-state index contributed by atoms with van der Waals surface area (Å²) in [6.45, 7) is 1.51. The molecule has 0 amide bonds. The molecule has 7 heavy (non-hydrogen) atoms. The van der Waals surface area contributed by atoms with Gasteiger partial charge in [-0.25, -0.2) is 0 Å². The van der Waals surface area contributed by atoms with E-state index in [9.17, 15) is 4.79 Å². The van der Waals surface area contributed by atoms with Gasteiger partial charge in [-0.3, -0.25) is 4.79 Å². The summed E-state index contributed by atoms with van der Waals surface area (Å²) in [7, 11) is -1.31. The first-order chi connectivity index (χ1) is 3.18. The molecule has 0 rings (SSSR count). The van der Waals surface area contributed by atoms with Crippen LogP contribution < -0.4 is 0 Å². The van der Waals surface area contributed by atoms with Crippen molar-refractivity contribution in [3.8, 4) is 0 Å². The Morgan fingerprint density at radius 2 is 2.29 bits per heavy atom. The number of carboxylic acids is 1. The zero-order valence-electron chi connectivity index (χ0n) is 4.09. The van der Waals surface area contributed by atoms with Gasteiger partial charge in [0.2, 0.25) is 0 Å². The van der Waals surface area contributed by atoms with Crippen LogP contribution in [0.4, 0.5) is 0 Å². The van der Waals surface area contributed by atoms with E-state index in [-0.39, 0.29) is 0 Å². The zero-order valence-corrected chi connectivity index (χ0v) is 5.50. The summed E-state index contributed by atoms with van der Waals surface area (Å²) >= 11 is 0. The predicted molar refractivity (Wildman–Crippen MR) is 27.8 cm³/mol. The predicted octanol–water partition coefficient (Wildman–Crippen LogP) is -1.04. The Labute approximate surface area is 43.9 Å². The maximum atomic E-state index is 9.81. The van der Waals surface area contributed by atoms with Gasteiger partial charge in [0.25, 0.3) is 0 Å². The highest BCUT2D eigenvalue weighted by Gasteiger charge is 2.07. The second-order valence-corrected chi connectivity index (χ2v) is 3.01. The quantitative estimate of drug-likeness (QED) is 0.457. The van der Waals surface area contributed by atoms with Gasteiger partial charge in [-0.05, 0) is 0 Å². The number of hydrogen-bond donors (Lipinski definition) is 2. The molecule has 0 fully saturated rings. The Hall–Kier alpha value is -0.353. The molecule has 0 saturated carbocycles. The fourth-order valence-electron chi connectivity index (χ4n) is 0.0781. The second kappa shape index (κ2) is 2.76. The van der Waals surface area contributed by atoms with E-state index in [1.807, 2.05) is 0 Å². The molecular weight excluding hydrogens is 112 g/mol. The van der Waals surface area contributed by atoms with Crippen LogP contribution in [-0.2, 0) is 4.79 Å². The molecule has 42 valence electrons. The Bertz CT molecular complexity index is 72.6. The van der Waals surface area contributed by atoms with Crippen LogP contribution in [0.2, 0.25) is 5.54 Å². The first-order valence-electron chi connectivity index (χ1n) is 2.02. The van der Waals surface area contributed by atoms with Crippen LogP contribution in [0.1, 0.15) is 6.92 Å². The molecule has 1 atom stereocenters. The molecule has 0 bridgehead atoms. The van der Waals surface area contributed by atoms with Gasteiger partial charge >= 0.3 is 5.97 Å². The largest absolute Gasteiger partial charge is 0.481 e. The van der Waals surface area contributed by atoms with Crippen molar-refractivity contribution in [2.24, 2.45) is 0 Å². The molecule has 0 aromatic carbocycles. The summed E-state index contributed by atoms with van der Waals surface area (Å²) < 4.78 is 0. The lowest BCUT2D eigenvalue weighted by atomic mass is 10.5. The van der Waals surface area contributed by atoms with Gasteiger partial charge in [0.15, 0.2) is 9.76 Å². The number of rotatable bonds is 2. The highest BCUT2D eigenvalue weighted by Crippen LogP contribution is 1.95. The van der Waals surface area contributed by atoms with Crippen LogP contribution in [0.25, 0.3) is 0 Å². The van der Waals surface area contributed by atoms with E-state index >= 15 is 0 Å². The molecule has 0 aliphatic carbocycles. The molecule has 0 radical (unpaired) electrons. The Balaban J connectivity index is 3.34. The van der Waals surface area contributed by atoms with E-state index in [0.29, 0.717) is 0 Å². The minimum absolute atomic E-state index is 0.486. The fraction of sp³-hybridized carbons (Fsp3) is 0.667. The van der Waals surface area contributed by atoms with Gasteiger partial charge in [0.1, 0.15) is 0 Å². The van der Waals surface area contributed by atoms with Crippen LogP contribution in [0, 0.1) is 0 Å². The summed E-state index contributed by atoms with van der Waals surface area (Å²) in [6.07, 6.45) is 0. The number of carbonyl (C=O) groups is 1. The molecule has 0 saturated heterocycles. The molecular formula is C3H8O3Si. The summed E-state index contributed by atoms with van der Waals surface area (Å²) in [5, 5.41) is 8.06. The van der Waals surface area contributed by atoms with E-state index < -0.39 is 21.3 Å². The normalized spacial score (nSPS) is 15.1. The third-order valence-corrected chi connectivity index (χ3v) is 1.59. The van der Waals surface area contributed by atoms with E-state index in [1.165, 1.54) is 6.92 Å². The minimum Gasteiger partial charge on any atom is -0.481 e. The van der Waals surface area contributed by atoms with Crippen molar-refractivity contribution in [3.63, 3.8) is 0 Å². The van der Waals surface area contributed by atoms with Crippen LogP contribution in [0.15, 0.2) is 0 Å². The van der Waals surface area contributed by atoms with Crippen molar-refractivity contribution < 1.29 is 14.7 Å². The maximum Gasteiger partial charge on any atom is 0.305 e. The Kier molecular flexibility index (Phi) is 2.62. The molecule has 0 aromatic rings. The lowest BCUT2D eigenvalue weighted by Crippen LogP contribution is -2.09. The maximum absolute atomic E-state index is 9.81. The van der Waals surface area contributed by atoms with Gasteiger partial charge in [-0.1, -0.05) is 6.92 Å². The lowest BCUT2D eigenvalue weighted by Gasteiger charge is -1.94. The van der Waals surface area contributed by atoms with E-state index in [4.69, 9.17) is 9.90 Å². The van der Waals surface area contributed by atoms with Gasteiger partial charge in [0, 0.05) is 0 Å². The van der Waals surface area contributed by atoms with Crippen molar-refractivity contribution in [1.82, 2.24) is 0 Å². The van der Waals surface area contributed by atoms with Gasteiger partial charge in [0.05, 0.1) is 5.54 Å². The molecule has 2 N–H and O–H groups in total. The minimum atomic E-state index is -1.31. The van der Waals surface area contributed by atoms with Crippen molar-refractivity contribution in [1.29, 1.82) is 0 Å². The molecule has 1 unspecified atom stereocenters. The van der Waals surface area contributed by atoms with E-state index in [1.54, 1.807) is 0 Å². The molecule has 4 heteroatoms. The average molecular weight is 120 g/mol. The first-order valence-corrected chi connectivity index (χ1v) is 3.47. The molecule has 0 aliphatic rings. The van der Waals surface area contributed by atoms with E-state index in [0.717, 1.165) is 0 Å². The van der Waals surface area contributed by atoms with Crippen LogP contribution in [0.5, 0.6) is 0 Å². The van der Waals surface area contributed by atoms with Crippen molar-refractivity contribution in [2.75, 3.05) is 0 Å². The van der Waals surface area contributed by atoms with E-state index in [2.05, 4.69) is 0 Å². The zero-order chi connectivity index (χ0) is 5.86. The van der Waals surface area contributed by atoms with Gasteiger partial charge in [-0.2, -0.15) is 0 Å². The summed E-state index contributed by atoms with van der Waals surface area (Å²) in [4.78, 5) is 18.1. The number of hydrogen-bond acceptors (Lipinski definition) is 2. The standard InChI is InChI=1S/C3H8O3Si/c1-2(7-6)3(4)5/h2,6H,7H2,1H3,(H,4,5). The monoisotopic (exact) mass is 120 g/mol. The molecule has 3 nitrogen and oxygen atoms in total. The van der Waals surface area contributed by atoms with Crippen molar-refractivity contribution >= 4 is 15.7 Å². The molecule has 0 spiro atoms. The summed E-state index contributed by atoms with van der Waals surface area (Å²) in [6, 6.07) is 0. The average Bonchev–Trinajstić information content (AvgIpc) is 1.65. The van der Waals surface area contributed by atoms with Gasteiger partial charge in [-0.15, -0.1) is 0 Å². The highest BCUT2D eigenvalue weighted by molar-refractivity contribution is 6.34. The number of aliphatic carboxylic acids is 1. The van der Waals surface area contributed by atoms with Crippen LogP contribution >= 0.6 is 0 Å². The van der Waals surface area contributed by atoms with Crippen LogP contribution in [-0.4, -0.2) is 25.6 Å². The summed E-state index contributed by atoms with van der Waals surface area (Å²) in [5.74, 6) is -0.894. The Morgan fingerprint density at radius 1 is 1.86 bits per heavy atom. The lowest BCUT2D eigenvalue weighted by molar-refractivity contribution is -0.136. The Morgan fingerprint density at radius 3 is 2.29 bits per heavy atom. The molecule has 0 heterocycles. The fourth-order valence-corrected chi connectivity index (χ4v) is 0.234. The smallest absolute Gasteiger partial charge is 0.305 e. The third-order valence-electron chi connectivity index (χ3n) is 0.695. The summed E-state index contributed by atoms with van der Waals surface area (Å²) in [5.41, 5.74) is -0.486. The second-order valence-electron chi connectivity index (χ2n) is 1.42. The molecule has 0 aliphatic heterocycles. The highest BCUT2D eigenvalue weighted by atomic mass is 28.2. The first kappa shape index (κ1) is 6.65. The molecule has 0 aromatic heterocycles. The van der Waals surface area contributed by atoms with Gasteiger partial charge < -0.3 is 9.90 Å². The number of carboxylic acid groups (broad SMARTS) is 1. The van der Waals surface area contributed by atoms with Crippen molar-refractivity contribution in [2.45, 2.75) is 12.5 Å². The SMILES string of the molecule is CC([SiH2]O)C(=O)O. The topological polar surface area (TPSA) is 57.5 Å².